The molecule has 1 atom stereocenters. The number of carbonyl (C=O) groups is 1. The van der Waals surface area contributed by atoms with Crippen LogP contribution in [0.1, 0.15) is 39.0 Å². The molecule has 2 nitrogen and oxygen atoms in total. The van der Waals surface area contributed by atoms with Crippen molar-refractivity contribution >= 4 is 5.78 Å². The summed E-state index contributed by atoms with van der Waals surface area (Å²) in [6.07, 6.45) is 6.30. The minimum atomic E-state index is 0.286. The van der Waals surface area contributed by atoms with Crippen molar-refractivity contribution in [2.45, 2.75) is 45.1 Å². The SMILES string of the molecule is CC1CN(C2CCCC2)CCC1=O. The van der Waals surface area contributed by atoms with Crippen LogP contribution in [0, 0.1) is 5.92 Å². The molecule has 1 saturated heterocycles. The number of carbonyl (C=O) groups excluding carboxylic acids is 1. The molecule has 0 bridgehead atoms. The first-order valence-electron chi connectivity index (χ1n) is 5.54. The van der Waals surface area contributed by atoms with E-state index in [2.05, 4.69) is 11.8 Å². The van der Waals surface area contributed by atoms with Crippen LogP contribution in [0.25, 0.3) is 0 Å². The fourth-order valence-electron chi connectivity index (χ4n) is 2.65. The molecule has 1 heterocycles. The number of ketones is 1. The molecule has 0 aromatic rings. The first kappa shape index (κ1) is 9.20. The van der Waals surface area contributed by atoms with Crippen LogP contribution in [0.15, 0.2) is 0 Å². The normalized spacial score (nSPS) is 32.7. The van der Waals surface area contributed by atoms with Crippen LogP contribution in [0.5, 0.6) is 0 Å². The molecule has 0 aromatic carbocycles. The van der Waals surface area contributed by atoms with Crippen molar-refractivity contribution in [1.82, 2.24) is 4.90 Å². The summed E-state index contributed by atoms with van der Waals surface area (Å²) < 4.78 is 0. The molecule has 1 unspecified atom stereocenters. The third kappa shape index (κ3) is 1.93. The molecular formula is C11H19NO. The topological polar surface area (TPSA) is 20.3 Å². The van der Waals surface area contributed by atoms with Gasteiger partial charge in [0.2, 0.25) is 0 Å². The molecule has 74 valence electrons. The summed E-state index contributed by atoms with van der Waals surface area (Å²) in [6, 6.07) is 0.801. The zero-order valence-corrected chi connectivity index (χ0v) is 8.46. The molecule has 0 aromatic heterocycles. The quantitative estimate of drug-likeness (QED) is 0.615. The lowest BCUT2D eigenvalue weighted by Gasteiger charge is -2.34. The molecule has 2 rings (SSSR count). The van der Waals surface area contributed by atoms with Gasteiger partial charge < -0.3 is 0 Å². The van der Waals surface area contributed by atoms with Crippen LogP contribution in [0.2, 0.25) is 0 Å². The van der Waals surface area contributed by atoms with E-state index in [-0.39, 0.29) is 5.92 Å². The van der Waals surface area contributed by atoms with E-state index in [1.54, 1.807) is 0 Å². The number of hydrogen-bond donors (Lipinski definition) is 0. The average molecular weight is 181 g/mol. The van der Waals surface area contributed by atoms with Gasteiger partial charge in [-0.1, -0.05) is 19.8 Å². The first-order chi connectivity index (χ1) is 6.27. The lowest BCUT2D eigenvalue weighted by molar-refractivity contribution is -0.126. The maximum atomic E-state index is 11.3. The standard InChI is InChI=1S/C11H19NO/c1-9-8-12(7-6-11(9)13)10-4-2-3-5-10/h9-10H,2-8H2,1H3. The van der Waals surface area contributed by atoms with Crippen molar-refractivity contribution < 1.29 is 4.79 Å². The van der Waals surface area contributed by atoms with Gasteiger partial charge in [-0.05, 0) is 12.8 Å². The minimum Gasteiger partial charge on any atom is -0.299 e. The van der Waals surface area contributed by atoms with Gasteiger partial charge in [-0.15, -0.1) is 0 Å². The van der Waals surface area contributed by atoms with Gasteiger partial charge in [0.05, 0.1) is 0 Å². The van der Waals surface area contributed by atoms with Crippen LogP contribution < -0.4 is 0 Å². The van der Waals surface area contributed by atoms with Crippen LogP contribution in [0.3, 0.4) is 0 Å². The molecule has 2 fully saturated rings. The Kier molecular flexibility index (Phi) is 2.68. The highest BCUT2D eigenvalue weighted by atomic mass is 16.1. The van der Waals surface area contributed by atoms with Gasteiger partial charge in [-0.25, -0.2) is 0 Å². The summed E-state index contributed by atoms with van der Waals surface area (Å²) in [5, 5.41) is 0. The minimum absolute atomic E-state index is 0.286. The molecule has 0 radical (unpaired) electrons. The van der Waals surface area contributed by atoms with Crippen LogP contribution in [-0.2, 0) is 4.79 Å². The van der Waals surface area contributed by atoms with Crippen LogP contribution in [0.4, 0.5) is 0 Å². The first-order valence-corrected chi connectivity index (χ1v) is 5.54. The second-order valence-electron chi connectivity index (χ2n) is 4.55. The number of Topliss-reactive ketones (excluding diaryl/α,β-unsaturated/α-hetero) is 1. The number of hydrogen-bond acceptors (Lipinski definition) is 2. The predicted molar refractivity (Wildman–Crippen MR) is 52.6 cm³/mol. The smallest absolute Gasteiger partial charge is 0.138 e. The van der Waals surface area contributed by atoms with Crippen molar-refractivity contribution in [2.24, 2.45) is 5.92 Å². The van der Waals surface area contributed by atoms with Crippen LogP contribution >= 0.6 is 0 Å². The summed E-state index contributed by atoms with van der Waals surface area (Å²) in [4.78, 5) is 13.9. The van der Waals surface area contributed by atoms with E-state index in [1.807, 2.05) is 0 Å². The Balaban J connectivity index is 1.90. The van der Waals surface area contributed by atoms with Gasteiger partial charge in [0, 0.05) is 31.5 Å². The fraction of sp³-hybridized carbons (Fsp3) is 0.909. The molecule has 0 amide bonds. The van der Waals surface area contributed by atoms with Crippen molar-refractivity contribution in [3.8, 4) is 0 Å². The summed E-state index contributed by atoms with van der Waals surface area (Å²) >= 11 is 0. The zero-order valence-electron chi connectivity index (χ0n) is 8.46. The van der Waals surface area contributed by atoms with E-state index < -0.39 is 0 Å². The fourth-order valence-corrected chi connectivity index (χ4v) is 2.65. The van der Waals surface area contributed by atoms with Gasteiger partial charge >= 0.3 is 0 Å². The molecule has 0 N–H and O–H groups in total. The number of piperidine rings is 1. The van der Waals surface area contributed by atoms with E-state index in [4.69, 9.17) is 0 Å². The Bertz CT molecular complexity index is 196. The van der Waals surface area contributed by atoms with E-state index in [1.165, 1.54) is 25.7 Å². The number of nitrogens with zero attached hydrogens (tertiary/aromatic N) is 1. The van der Waals surface area contributed by atoms with E-state index in [9.17, 15) is 4.79 Å². The van der Waals surface area contributed by atoms with Gasteiger partial charge in [0.15, 0.2) is 0 Å². The third-order valence-corrected chi connectivity index (χ3v) is 3.54. The molecule has 1 aliphatic heterocycles. The van der Waals surface area contributed by atoms with Gasteiger partial charge in [0.1, 0.15) is 5.78 Å². The van der Waals surface area contributed by atoms with E-state index in [0.29, 0.717) is 5.78 Å². The van der Waals surface area contributed by atoms with Crippen molar-refractivity contribution in [3.63, 3.8) is 0 Å². The Morgan fingerprint density at radius 3 is 2.62 bits per heavy atom. The van der Waals surface area contributed by atoms with Gasteiger partial charge in [0.25, 0.3) is 0 Å². The molecule has 1 aliphatic carbocycles. The maximum Gasteiger partial charge on any atom is 0.138 e. The van der Waals surface area contributed by atoms with Crippen LogP contribution in [-0.4, -0.2) is 29.8 Å². The summed E-state index contributed by atoms with van der Waals surface area (Å²) in [5.41, 5.74) is 0. The van der Waals surface area contributed by atoms with Gasteiger partial charge in [-0.2, -0.15) is 0 Å². The lowest BCUT2D eigenvalue weighted by atomic mass is 9.97. The number of rotatable bonds is 1. The Labute approximate surface area is 80.3 Å². The molecule has 1 saturated carbocycles. The molecule has 2 aliphatic rings. The Morgan fingerprint density at radius 2 is 2.00 bits per heavy atom. The number of likely N-dealkylation sites (tertiary alicyclic amines) is 1. The molecule has 13 heavy (non-hydrogen) atoms. The average Bonchev–Trinajstić information content (AvgIpc) is 2.62. The highest BCUT2D eigenvalue weighted by molar-refractivity contribution is 5.81. The Hall–Kier alpha value is -0.370. The molecule has 2 heteroatoms. The Morgan fingerprint density at radius 1 is 1.31 bits per heavy atom. The lowest BCUT2D eigenvalue weighted by Crippen LogP contribution is -2.44. The highest BCUT2D eigenvalue weighted by Gasteiger charge is 2.29. The monoisotopic (exact) mass is 181 g/mol. The largest absolute Gasteiger partial charge is 0.299 e. The third-order valence-electron chi connectivity index (χ3n) is 3.54. The second-order valence-corrected chi connectivity index (χ2v) is 4.55. The van der Waals surface area contributed by atoms with Crippen molar-refractivity contribution in [2.75, 3.05) is 13.1 Å². The van der Waals surface area contributed by atoms with Crippen molar-refractivity contribution in [1.29, 1.82) is 0 Å². The highest BCUT2D eigenvalue weighted by Crippen LogP contribution is 2.26. The van der Waals surface area contributed by atoms with E-state index >= 15 is 0 Å². The summed E-state index contributed by atoms with van der Waals surface area (Å²) in [5.74, 6) is 0.753. The summed E-state index contributed by atoms with van der Waals surface area (Å²) in [6.45, 7) is 4.11. The van der Waals surface area contributed by atoms with Crippen molar-refractivity contribution in [3.05, 3.63) is 0 Å². The molecular weight excluding hydrogens is 162 g/mol. The summed E-state index contributed by atoms with van der Waals surface area (Å²) in [7, 11) is 0. The maximum absolute atomic E-state index is 11.3. The second kappa shape index (κ2) is 3.79. The van der Waals surface area contributed by atoms with E-state index in [0.717, 1.165) is 25.6 Å². The molecule has 0 spiro atoms. The van der Waals surface area contributed by atoms with Gasteiger partial charge in [-0.3, -0.25) is 9.69 Å². The zero-order chi connectivity index (χ0) is 9.26. The predicted octanol–water partition coefficient (Wildman–Crippen LogP) is 1.84.